The number of nitrogens with zero attached hydrogens (tertiary/aromatic N) is 3. The van der Waals surface area contributed by atoms with Crippen molar-refractivity contribution >= 4 is 11.9 Å². The largest absolute Gasteiger partial charge is 0.406 e. The highest BCUT2D eigenvalue weighted by Crippen LogP contribution is 2.16. The van der Waals surface area contributed by atoms with E-state index in [1.54, 1.807) is 19.2 Å². The van der Waals surface area contributed by atoms with Crippen molar-refractivity contribution in [2.45, 2.75) is 31.6 Å². The molecule has 6 nitrogen and oxygen atoms in total. The van der Waals surface area contributed by atoms with Crippen LogP contribution in [0.25, 0.3) is 0 Å². The molecule has 0 atom stereocenters. The summed E-state index contributed by atoms with van der Waals surface area (Å²) in [6.07, 6.45) is -2.72. The number of likely N-dealkylation sites (tertiary alicyclic amines) is 1. The van der Waals surface area contributed by atoms with Gasteiger partial charge in [0, 0.05) is 39.8 Å². The summed E-state index contributed by atoms with van der Waals surface area (Å²) in [5.74, 6) is -0.534. The average molecular weight is 417 g/mol. The van der Waals surface area contributed by atoms with Crippen LogP contribution in [0.4, 0.5) is 17.6 Å². The highest BCUT2D eigenvalue weighted by Gasteiger charge is 2.31. The monoisotopic (exact) mass is 417 g/mol. The minimum Gasteiger partial charge on any atom is -0.354 e. The lowest BCUT2D eigenvalue weighted by molar-refractivity contribution is -0.157. The van der Waals surface area contributed by atoms with Crippen LogP contribution in [0, 0.1) is 5.82 Å². The molecule has 10 heteroatoms. The van der Waals surface area contributed by atoms with Gasteiger partial charge in [-0.1, -0.05) is 12.1 Å². The molecule has 1 aromatic rings. The number of hydrogen-bond acceptors (Lipinski definition) is 3. The molecule has 1 amide bonds. The fraction of sp³-hybridized carbons (Fsp3) is 0.579. The molecular weight excluding hydrogens is 390 g/mol. The zero-order valence-corrected chi connectivity index (χ0v) is 16.6. The quantitative estimate of drug-likeness (QED) is 0.422. The van der Waals surface area contributed by atoms with Crippen molar-refractivity contribution in [2.24, 2.45) is 4.99 Å². The van der Waals surface area contributed by atoms with E-state index in [4.69, 9.17) is 0 Å². The van der Waals surface area contributed by atoms with E-state index < -0.39 is 18.6 Å². The number of rotatable bonds is 6. The van der Waals surface area contributed by atoms with E-state index in [1.165, 1.54) is 12.1 Å². The lowest BCUT2D eigenvalue weighted by Gasteiger charge is -2.33. The second-order valence-corrected chi connectivity index (χ2v) is 7.11. The molecule has 1 aromatic carbocycles. The molecule has 162 valence electrons. The summed E-state index contributed by atoms with van der Waals surface area (Å²) in [4.78, 5) is 18.8. The van der Waals surface area contributed by atoms with E-state index in [-0.39, 0.29) is 18.4 Å². The first-order valence-corrected chi connectivity index (χ1v) is 9.41. The molecule has 0 spiro atoms. The molecule has 0 unspecified atom stereocenters. The Morgan fingerprint density at radius 2 is 1.86 bits per heavy atom. The Balaban J connectivity index is 1.72. The second kappa shape index (κ2) is 10.4. The standard InChI is InChI=1S/C19H27F4N5O/c1-24-18(25-11-17(29)27(2)13-19(21,22)23)26-16-7-9-28(10-8-16)12-14-3-5-15(20)6-4-14/h3-6,16H,7-13H2,1-2H3,(H2,24,25,26). The SMILES string of the molecule is CN=C(NCC(=O)N(C)CC(F)(F)F)NC1CCN(Cc2ccc(F)cc2)CC1. The summed E-state index contributed by atoms with van der Waals surface area (Å²) in [6.45, 7) is 0.889. The van der Waals surface area contributed by atoms with E-state index in [0.717, 1.165) is 45.1 Å². The van der Waals surface area contributed by atoms with E-state index in [9.17, 15) is 22.4 Å². The van der Waals surface area contributed by atoms with Gasteiger partial charge in [-0.2, -0.15) is 13.2 Å². The molecule has 2 rings (SSSR count). The zero-order valence-electron chi connectivity index (χ0n) is 16.6. The predicted molar refractivity (Wildman–Crippen MR) is 103 cm³/mol. The third kappa shape index (κ3) is 8.26. The minimum atomic E-state index is -4.42. The van der Waals surface area contributed by atoms with Gasteiger partial charge in [-0.15, -0.1) is 0 Å². The van der Waals surface area contributed by atoms with Crippen molar-refractivity contribution in [2.75, 3.05) is 40.3 Å². The van der Waals surface area contributed by atoms with Gasteiger partial charge >= 0.3 is 6.18 Å². The van der Waals surface area contributed by atoms with Crippen molar-refractivity contribution in [1.29, 1.82) is 0 Å². The van der Waals surface area contributed by atoms with Crippen LogP contribution in [0.1, 0.15) is 18.4 Å². The van der Waals surface area contributed by atoms with E-state index in [0.29, 0.717) is 10.9 Å². The van der Waals surface area contributed by atoms with Crippen molar-refractivity contribution in [3.63, 3.8) is 0 Å². The molecule has 0 aliphatic carbocycles. The number of alkyl halides is 3. The summed E-state index contributed by atoms with van der Waals surface area (Å²) >= 11 is 0. The number of likely N-dealkylation sites (N-methyl/N-ethyl adjacent to an activating group) is 1. The molecule has 0 radical (unpaired) electrons. The smallest absolute Gasteiger partial charge is 0.354 e. The predicted octanol–water partition coefficient (Wildman–Crippen LogP) is 1.98. The molecule has 0 aromatic heterocycles. The summed E-state index contributed by atoms with van der Waals surface area (Å²) in [5.41, 5.74) is 1.05. The first-order chi connectivity index (χ1) is 13.7. The molecule has 29 heavy (non-hydrogen) atoms. The molecule has 0 bridgehead atoms. The normalized spacial score (nSPS) is 16.6. The van der Waals surface area contributed by atoms with Crippen LogP contribution in [-0.2, 0) is 11.3 Å². The van der Waals surface area contributed by atoms with Crippen molar-refractivity contribution in [3.8, 4) is 0 Å². The maximum absolute atomic E-state index is 13.0. The van der Waals surface area contributed by atoms with Gasteiger partial charge in [-0.3, -0.25) is 14.7 Å². The molecule has 1 heterocycles. The van der Waals surface area contributed by atoms with Gasteiger partial charge in [0.2, 0.25) is 5.91 Å². The lowest BCUT2D eigenvalue weighted by atomic mass is 10.0. The van der Waals surface area contributed by atoms with Gasteiger partial charge in [0.05, 0.1) is 6.54 Å². The first-order valence-electron chi connectivity index (χ1n) is 9.41. The zero-order chi connectivity index (χ0) is 21.4. The van der Waals surface area contributed by atoms with Crippen LogP contribution in [0.15, 0.2) is 29.3 Å². The maximum atomic E-state index is 13.0. The number of halogens is 4. The highest BCUT2D eigenvalue weighted by molar-refractivity contribution is 5.86. The molecule has 1 fully saturated rings. The third-order valence-electron chi connectivity index (χ3n) is 4.72. The number of guanidine groups is 1. The summed E-state index contributed by atoms with van der Waals surface area (Å²) in [6, 6.07) is 6.60. The van der Waals surface area contributed by atoms with Crippen LogP contribution < -0.4 is 10.6 Å². The number of benzene rings is 1. The van der Waals surface area contributed by atoms with Crippen molar-refractivity contribution in [1.82, 2.24) is 20.4 Å². The molecule has 1 aliphatic heterocycles. The average Bonchev–Trinajstić information content (AvgIpc) is 2.66. The number of hydrogen-bond donors (Lipinski definition) is 2. The van der Waals surface area contributed by atoms with E-state index in [2.05, 4.69) is 20.5 Å². The van der Waals surface area contributed by atoms with Crippen LogP contribution in [-0.4, -0.2) is 74.2 Å². The Morgan fingerprint density at radius 1 is 1.24 bits per heavy atom. The van der Waals surface area contributed by atoms with E-state index in [1.807, 2.05) is 0 Å². The van der Waals surface area contributed by atoms with Gasteiger partial charge in [-0.25, -0.2) is 4.39 Å². The number of aliphatic imine (C=N–C) groups is 1. The molecule has 0 saturated carbocycles. The van der Waals surface area contributed by atoms with Gasteiger partial charge in [0.1, 0.15) is 12.4 Å². The summed E-state index contributed by atoms with van der Waals surface area (Å²) in [7, 11) is 2.66. The second-order valence-electron chi connectivity index (χ2n) is 7.11. The van der Waals surface area contributed by atoms with E-state index >= 15 is 0 Å². The van der Waals surface area contributed by atoms with Gasteiger partial charge < -0.3 is 15.5 Å². The number of nitrogens with one attached hydrogen (secondary N) is 2. The Labute approximate surface area is 168 Å². The Morgan fingerprint density at radius 3 is 2.41 bits per heavy atom. The summed E-state index contributed by atoms with van der Waals surface area (Å²) in [5, 5.41) is 5.98. The number of carbonyl (C=O) groups is 1. The Kier molecular flexibility index (Phi) is 8.24. The minimum absolute atomic E-state index is 0.147. The third-order valence-corrected chi connectivity index (χ3v) is 4.72. The molecule has 2 N–H and O–H groups in total. The number of carbonyl (C=O) groups excluding carboxylic acids is 1. The topological polar surface area (TPSA) is 60.0 Å². The maximum Gasteiger partial charge on any atom is 0.406 e. The number of piperidine rings is 1. The van der Waals surface area contributed by atoms with Crippen molar-refractivity contribution in [3.05, 3.63) is 35.6 Å². The van der Waals surface area contributed by atoms with Crippen LogP contribution >= 0.6 is 0 Å². The van der Waals surface area contributed by atoms with Crippen LogP contribution in [0.5, 0.6) is 0 Å². The van der Waals surface area contributed by atoms with Gasteiger partial charge in [0.25, 0.3) is 0 Å². The van der Waals surface area contributed by atoms with Crippen molar-refractivity contribution < 1.29 is 22.4 Å². The fourth-order valence-electron chi connectivity index (χ4n) is 3.12. The number of amides is 1. The Hall–Kier alpha value is -2.36. The molecule has 1 saturated heterocycles. The van der Waals surface area contributed by atoms with Crippen LogP contribution in [0.3, 0.4) is 0 Å². The molecule has 1 aliphatic rings. The first kappa shape index (κ1) is 22.9. The summed E-state index contributed by atoms with van der Waals surface area (Å²) < 4.78 is 50.1. The van der Waals surface area contributed by atoms with Gasteiger partial charge in [-0.05, 0) is 30.5 Å². The van der Waals surface area contributed by atoms with Crippen LogP contribution in [0.2, 0.25) is 0 Å². The highest BCUT2D eigenvalue weighted by atomic mass is 19.4. The van der Waals surface area contributed by atoms with Gasteiger partial charge in [0.15, 0.2) is 5.96 Å². The lowest BCUT2D eigenvalue weighted by Crippen LogP contribution is -2.50. The Bertz CT molecular complexity index is 685. The fourth-order valence-corrected chi connectivity index (χ4v) is 3.12. The molecular formula is C19H27F4N5O.